The summed E-state index contributed by atoms with van der Waals surface area (Å²) in [6, 6.07) is 12.4. The van der Waals surface area contributed by atoms with Gasteiger partial charge in [-0.3, -0.25) is 10.1 Å². The molecular weight excluding hydrogens is 419 g/mol. The largest absolute Gasteiger partial charge is 0.471 e. The second-order valence-corrected chi connectivity index (χ2v) is 7.88. The number of ether oxygens (including phenoxy) is 1. The molecule has 0 fully saturated rings. The summed E-state index contributed by atoms with van der Waals surface area (Å²) in [4.78, 5) is 16.8. The van der Waals surface area contributed by atoms with Crippen molar-refractivity contribution >= 4 is 55.8 Å². The topological polar surface area (TPSA) is 69.0 Å². The third-order valence-corrected chi connectivity index (χ3v) is 5.53. The van der Waals surface area contributed by atoms with Crippen molar-refractivity contribution in [3.63, 3.8) is 0 Å². The molecule has 28 heavy (non-hydrogen) atoms. The molecule has 0 atom stereocenters. The fraction of sp³-hybridized carbons (Fsp3) is 0.105. The van der Waals surface area contributed by atoms with E-state index >= 15 is 0 Å². The monoisotopic (exact) mass is 432 g/mol. The van der Waals surface area contributed by atoms with Crippen LogP contribution in [0.1, 0.15) is 16.1 Å². The Labute approximate surface area is 174 Å². The Morgan fingerprint density at radius 3 is 2.89 bits per heavy atom. The van der Waals surface area contributed by atoms with Crippen molar-refractivity contribution < 1.29 is 9.53 Å². The van der Waals surface area contributed by atoms with E-state index in [1.807, 2.05) is 25.1 Å². The number of amides is 1. The molecule has 2 aromatic heterocycles. The maximum atomic E-state index is 12.4. The van der Waals surface area contributed by atoms with Gasteiger partial charge in [0.1, 0.15) is 5.75 Å². The van der Waals surface area contributed by atoms with Crippen molar-refractivity contribution in [2.24, 2.45) is 0 Å². The van der Waals surface area contributed by atoms with E-state index in [9.17, 15) is 4.79 Å². The molecule has 4 rings (SSSR count). The second kappa shape index (κ2) is 7.79. The molecule has 9 heteroatoms. The lowest BCUT2D eigenvalue weighted by molar-refractivity contribution is 0.102. The SMILES string of the molecule is Cc1cc(OCn2ccc(C(=O)Nc3nc4ccc(Cl)cc4s3)n2)ccc1Cl. The summed E-state index contributed by atoms with van der Waals surface area (Å²) in [5.41, 5.74) is 1.98. The maximum absolute atomic E-state index is 12.4. The summed E-state index contributed by atoms with van der Waals surface area (Å²) in [6.45, 7) is 2.08. The van der Waals surface area contributed by atoms with Gasteiger partial charge in [-0.1, -0.05) is 34.5 Å². The average Bonchev–Trinajstić information content (AvgIpc) is 3.29. The van der Waals surface area contributed by atoms with Gasteiger partial charge >= 0.3 is 0 Å². The molecule has 0 spiro atoms. The Bertz CT molecular complexity index is 1170. The van der Waals surface area contributed by atoms with E-state index in [1.54, 1.807) is 30.5 Å². The van der Waals surface area contributed by atoms with E-state index in [2.05, 4.69) is 15.4 Å². The van der Waals surface area contributed by atoms with E-state index in [-0.39, 0.29) is 18.3 Å². The Morgan fingerprint density at radius 1 is 1.21 bits per heavy atom. The molecule has 0 radical (unpaired) electrons. The van der Waals surface area contributed by atoms with E-state index in [4.69, 9.17) is 27.9 Å². The average molecular weight is 433 g/mol. The van der Waals surface area contributed by atoms with Crippen LogP contribution < -0.4 is 10.1 Å². The summed E-state index contributed by atoms with van der Waals surface area (Å²) < 4.78 is 8.12. The van der Waals surface area contributed by atoms with Gasteiger partial charge in [0.2, 0.25) is 0 Å². The van der Waals surface area contributed by atoms with Crippen molar-refractivity contribution in [2.75, 3.05) is 5.32 Å². The number of hydrogen-bond donors (Lipinski definition) is 1. The first-order chi connectivity index (χ1) is 13.5. The van der Waals surface area contributed by atoms with Crippen LogP contribution in [0, 0.1) is 6.92 Å². The lowest BCUT2D eigenvalue weighted by Crippen LogP contribution is -2.14. The fourth-order valence-electron chi connectivity index (χ4n) is 2.52. The van der Waals surface area contributed by atoms with E-state index in [0.717, 1.165) is 15.8 Å². The van der Waals surface area contributed by atoms with Gasteiger partial charge < -0.3 is 4.74 Å². The first kappa shape index (κ1) is 18.7. The standard InChI is InChI=1S/C19H14Cl2N4O2S/c1-11-8-13(3-4-14(11)21)27-10-25-7-6-16(24-25)18(26)23-19-22-15-5-2-12(20)9-17(15)28-19/h2-9H,10H2,1H3,(H,22,23,26). The Kier molecular flexibility index (Phi) is 5.21. The van der Waals surface area contributed by atoms with Crippen molar-refractivity contribution in [3.05, 3.63) is 70.0 Å². The minimum Gasteiger partial charge on any atom is -0.471 e. The molecule has 2 heterocycles. The summed E-state index contributed by atoms with van der Waals surface area (Å²) in [5, 5.41) is 8.80. The first-order valence-electron chi connectivity index (χ1n) is 8.28. The van der Waals surface area contributed by atoms with Crippen LogP contribution in [0.5, 0.6) is 5.75 Å². The molecular formula is C19H14Cl2N4O2S. The number of nitrogens with one attached hydrogen (secondary N) is 1. The van der Waals surface area contributed by atoms with Gasteiger partial charge in [-0.25, -0.2) is 9.67 Å². The zero-order valence-corrected chi connectivity index (χ0v) is 17.0. The number of nitrogens with zero attached hydrogens (tertiary/aromatic N) is 3. The molecule has 0 bridgehead atoms. The van der Waals surface area contributed by atoms with Gasteiger partial charge in [0, 0.05) is 16.2 Å². The number of carbonyl (C=O) groups is 1. The quantitative estimate of drug-likeness (QED) is 0.458. The molecule has 0 saturated heterocycles. The van der Waals surface area contributed by atoms with Crippen molar-refractivity contribution in [3.8, 4) is 5.75 Å². The highest BCUT2D eigenvalue weighted by atomic mass is 35.5. The maximum Gasteiger partial charge on any atom is 0.277 e. The summed E-state index contributed by atoms with van der Waals surface area (Å²) in [5.74, 6) is 0.336. The number of aryl methyl sites for hydroxylation is 1. The van der Waals surface area contributed by atoms with Crippen LogP contribution in [-0.4, -0.2) is 20.7 Å². The Morgan fingerprint density at radius 2 is 2.07 bits per heavy atom. The number of rotatable bonds is 5. The number of fused-ring (bicyclic) bond motifs is 1. The first-order valence-corrected chi connectivity index (χ1v) is 9.85. The number of anilines is 1. The Balaban J connectivity index is 1.41. The normalized spacial score (nSPS) is 11.0. The number of carbonyl (C=O) groups excluding carboxylic acids is 1. The van der Waals surface area contributed by atoms with Gasteiger partial charge in [0.25, 0.3) is 5.91 Å². The molecule has 2 aromatic carbocycles. The third-order valence-electron chi connectivity index (χ3n) is 3.94. The summed E-state index contributed by atoms with van der Waals surface area (Å²) >= 11 is 13.3. The van der Waals surface area contributed by atoms with Crippen molar-refractivity contribution in [1.82, 2.24) is 14.8 Å². The highest BCUT2D eigenvalue weighted by Gasteiger charge is 2.13. The molecule has 6 nitrogen and oxygen atoms in total. The van der Waals surface area contributed by atoms with Crippen LogP contribution in [-0.2, 0) is 6.73 Å². The zero-order valence-electron chi connectivity index (χ0n) is 14.6. The van der Waals surface area contributed by atoms with Crippen LogP contribution in [0.25, 0.3) is 10.2 Å². The lowest BCUT2D eigenvalue weighted by atomic mass is 10.2. The predicted molar refractivity (Wildman–Crippen MR) is 112 cm³/mol. The Hall–Kier alpha value is -2.61. The van der Waals surface area contributed by atoms with Crippen molar-refractivity contribution in [1.29, 1.82) is 0 Å². The van der Waals surface area contributed by atoms with E-state index in [0.29, 0.717) is 20.9 Å². The van der Waals surface area contributed by atoms with Gasteiger partial charge in [-0.15, -0.1) is 0 Å². The number of halogens is 2. The fourth-order valence-corrected chi connectivity index (χ4v) is 3.77. The molecule has 0 aliphatic rings. The molecule has 142 valence electrons. The molecule has 0 aliphatic heterocycles. The smallest absolute Gasteiger partial charge is 0.277 e. The van der Waals surface area contributed by atoms with Gasteiger partial charge in [-0.05, 0) is 55.0 Å². The van der Waals surface area contributed by atoms with Crippen LogP contribution in [0.2, 0.25) is 10.0 Å². The van der Waals surface area contributed by atoms with Gasteiger partial charge in [0.15, 0.2) is 17.6 Å². The van der Waals surface area contributed by atoms with Crippen LogP contribution in [0.3, 0.4) is 0 Å². The third kappa shape index (κ3) is 4.11. The predicted octanol–water partition coefficient (Wildman–Crippen LogP) is 5.40. The van der Waals surface area contributed by atoms with Gasteiger partial charge in [0.05, 0.1) is 10.2 Å². The van der Waals surface area contributed by atoms with E-state index < -0.39 is 0 Å². The molecule has 4 aromatic rings. The molecule has 1 N–H and O–H groups in total. The van der Waals surface area contributed by atoms with Crippen LogP contribution >= 0.6 is 34.5 Å². The molecule has 0 aliphatic carbocycles. The van der Waals surface area contributed by atoms with E-state index in [1.165, 1.54) is 16.0 Å². The van der Waals surface area contributed by atoms with Crippen LogP contribution in [0.4, 0.5) is 5.13 Å². The number of benzene rings is 2. The summed E-state index contributed by atoms with van der Waals surface area (Å²) in [6.07, 6.45) is 1.68. The molecule has 1 amide bonds. The number of aromatic nitrogens is 3. The highest BCUT2D eigenvalue weighted by Crippen LogP contribution is 2.28. The minimum absolute atomic E-state index is 0.175. The minimum atomic E-state index is -0.341. The van der Waals surface area contributed by atoms with Crippen LogP contribution in [0.15, 0.2) is 48.7 Å². The van der Waals surface area contributed by atoms with Gasteiger partial charge in [-0.2, -0.15) is 5.10 Å². The zero-order chi connectivity index (χ0) is 19.7. The second-order valence-electron chi connectivity index (χ2n) is 6.01. The lowest BCUT2D eigenvalue weighted by Gasteiger charge is -2.07. The van der Waals surface area contributed by atoms with Crippen molar-refractivity contribution in [2.45, 2.75) is 13.7 Å². The molecule has 0 unspecified atom stereocenters. The summed E-state index contributed by atoms with van der Waals surface area (Å²) in [7, 11) is 0. The number of hydrogen-bond acceptors (Lipinski definition) is 5. The number of thiazole rings is 1. The molecule has 0 saturated carbocycles. The highest BCUT2D eigenvalue weighted by molar-refractivity contribution is 7.22.